The zero-order chi connectivity index (χ0) is 14.4. The number of hydrogen-bond donors (Lipinski definition) is 2. The summed E-state index contributed by atoms with van der Waals surface area (Å²) < 4.78 is 0.990. The van der Waals surface area contributed by atoms with E-state index in [1.165, 1.54) is 11.1 Å². The Balaban J connectivity index is 1.82. The monoisotopic (exact) mass is 333 g/mol. The molecule has 1 unspecified atom stereocenters. The first-order valence-corrected chi connectivity index (χ1v) is 7.70. The van der Waals surface area contributed by atoms with Gasteiger partial charge in [-0.1, -0.05) is 59.3 Å². The summed E-state index contributed by atoms with van der Waals surface area (Å²) in [7, 11) is 0. The molecule has 0 aliphatic heterocycles. The van der Waals surface area contributed by atoms with Crippen LogP contribution in [-0.4, -0.2) is 11.7 Å². The van der Waals surface area contributed by atoms with E-state index in [4.69, 9.17) is 0 Å². The number of nitrogens with one attached hydrogen (secondary N) is 1. The number of halogens is 1. The molecule has 0 aromatic heterocycles. The molecule has 2 nitrogen and oxygen atoms in total. The van der Waals surface area contributed by atoms with E-state index in [2.05, 4.69) is 52.4 Å². The highest BCUT2D eigenvalue weighted by Crippen LogP contribution is 2.17. The fraction of sp³-hybridized carbons (Fsp3) is 0.294. The van der Waals surface area contributed by atoms with Crippen molar-refractivity contribution in [2.24, 2.45) is 0 Å². The fourth-order valence-corrected chi connectivity index (χ4v) is 2.49. The van der Waals surface area contributed by atoms with Gasteiger partial charge in [0.15, 0.2) is 0 Å². The smallest absolute Gasteiger partial charge is 0.0914 e. The Hall–Kier alpha value is -1.16. The number of hydrogen-bond acceptors (Lipinski definition) is 2. The van der Waals surface area contributed by atoms with E-state index < -0.39 is 6.10 Å². The van der Waals surface area contributed by atoms with Gasteiger partial charge in [-0.05, 0) is 35.2 Å². The highest BCUT2D eigenvalue weighted by Gasteiger charge is 2.07. The van der Waals surface area contributed by atoms with Gasteiger partial charge in [0.25, 0.3) is 0 Å². The SMILES string of the molecule is CCc1ccc(CNCC(O)c2cccc(Br)c2)cc1. The van der Waals surface area contributed by atoms with Crippen LogP contribution in [0.15, 0.2) is 53.0 Å². The molecule has 0 heterocycles. The van der Waals surface area contributed by atoms with Crippen molar-refractivity contribution in [1.29, 1.82) is 0 Å². The van der Waals surface area contributed by atoms with Crippen LogP contribution in [0.2, 0.25) is 0 Å². The van der Waals surface area contributed by atoms with E-state index >= 15 is 0 Å². The second-order valence-electron chi connectivity index (χ2n) is 4.87. The summed E-state index contributed by atoms with van der Waals surface area (Å²) >= 11 is 3.42. The molecule has 106 valence electrons. The molecule has 1 atom stereocenters. The van der Waals surface area contributed by atoms with Crippen molar-refractivity contribution in [3.8, 4) is 0 Å². The first-order chi connectivity index (χ1) is 9.69. The van der Waals surface area contributed by atoms with Crippen molar-refractivity contribution >= 4 is 15.9 Å². The van der Waals surface area contributed by atoms with E-state index in [1.54, 1.807) is 0 Å². The van der Waals surface area contributed by atoms with Gasteiger partial charge in [-0.15, -0.1) is 0 Å². The maximum atomic E-state index is 10.1. The minimum atomic E-state index is -0.484. The average molecular weight is 334 g/mol. The molecule has 2 aromatic rings. The molecule has 0 spiro atoms. The Morgan fingerprint density at radius 2 is 1.80 bits per heavy atom. The zero-order valence-electron chi connectivity index (χ0n) is 11.6. The molecule has 3 heteroatoms. The largest absolute Gasteiger partial charge is 0.387 e. The molecular weight excluding hydrogens is 314 g/mol. The van der Waals surface area contributed by atoms with Crippen molar-refractivity contribution in [3.63, 3.8) is 0 Å². The van der Waals surface area contributed by atoms with E-state index in [-0.39, 0.29) is 0 Å². The van der Waals surface area contributed by atoms with Gasteiger partial charge in [0.05, 0.1) is 6.10 Å². The lowest BCUT2D eigenvalue weighted by Gasteiger charge is -2.13. The number of rotatable bonds is 6. The minimum absolute atomic E-state index is 0.484. The van der Waals surface area contributed by atoms with E-state index in [9.17, 15) is 5.11 Å². The molecule has 0 aliphatic carbocycles. The summed E-state index contributed by atoms with van der Waals surface area (Å²) in [6.07, 6.45) is 0.581. The third kappa shape index (κ3) is 4.44. The third-order valence-corrected chi connectivity index (χ3v) is 3.82. The van der Waals surface area contributed by atoms with Crippen LogP contribution >= 0.6 is 15.9 Å². The number of aliphatic hydroxyl groups excluding tert-OH is 1. The Morgan fingerprint density at radius 3 is 2.45 bits per heavy atom. The van der Waals surface area contributed by atoms with Crippen LogP contribution in [0.25, 0.3) is 0 Å². The average Bonchev–Trinajstić information content (AvgIpc) is 2.48. The number of benzene rings is 2. The van der Waals surface area contributed by atoms with Crippen LogP contribution in [-0.2, 0) is 13.0 Å². The Labute approximate surface area is 129 Å². The van der Waals surface area contributed by atoms with Crippen LogP contribution in [0, 0.1) is 0 Å². The van der Waals surface area contributed by atoms with Gasteiger partial charge >= 0.3 is 0 Å². The number of aliphatic hydroxyl groups is 1. The predicted octanol–water partition coefficient (Wildman–Crippen LogP) is 3.83. The van der Waals surface area contributed by atoms with Crippen LogP contribution in [0.4, 0.5) is 0 Å². The molecular formula is C17H20BrNO. The van der Waals surface area contributed by atoms with E-state index in [0.29, 0.717) is 6.54 Å². The standard InChI is InChI=1S/C17H20BrNO/c1-2-13-6-8-14(9-7-13)11-19-12-17(20)15-4-3-5-16(18)10-15/h3-10,17,19-20H,2,11-12H2,1H3. The summed E-state index contributed by atoms with van der Waals surface area (Å²) in [6, 6.07) is 16.4. The van der Waals surface area contributed by atoms with Crippen LogP contribution in [0.1, 0.15) is 29.7 Å². The van der Waals surface area contributed by atoms with Crippen molar-refractivity contribution in [1.82, 2.24) is 5.32 Å². The lowest BCUT2D eigenvalue weighted by atomic mass is 10.1. The van der Waals surface area contributed by atoms with Crippen molar-refractivity contribution in [2.45, 2.75) is 26.0 Å². The molecule has 0 aliphatic rings. The maximum Gasteiger partial charge on any atom is 0.0914 e. The summed E-state index contributed by atoms with van der Waals surface area (Å²) in [5.41, 5.74) is 3.51. The minimum Gasteiger partial charge on any atom is -0.387 e. The fourth-order valence-electron chi connectivity index (χ4n) is 2.08. The zero-order valence-corrected chi connectivity index (χ0v) is 13.2. The van der Waals surface area contributed by atoms with Gasteiger partial charge in [-0.2, -0.15) is 0 Å². The number of aryl methyl sites for hydroxylation is 1. The molecule has 20 heavy (non-hydrogen) atoms. The molecule has 0 fully saturated rings. The van der Waals surface area contributed by atoms with E-state index in [1.807, 2.05) is 24.3 Å². The van der Waals surface area contributed by atoms with Gasteiger partial charge in [0.2, 0.25) is 0 Å². The third-order valence-electron chi connectivity index (χ3n) is 3.33. The first kappa shape index (κ1) is 15.2. The Kier molecular flexibility index (Phi) is 5.77. The molecule has 0 bridgehead atoms. The highest BCUT2D eigenvalue weighted by atomic mass is 79.9. The lowest BCUT2D eigenvalue weighted by Crippen LogP contribution is -2.21. The summed E-state index contributed by atoms with van der Waals surface area (Å²) in [4.78, 5) is 0. The van der Waals surface area contributed by atoms with Crippen molar-refractivity contribution < 1.29 is 5.11 Å². The van der Waals surface area contributed by atoms with Gasteiger partial charge in [0, 0.05) is 17.6 Å². The molecule has 2 rings (SSSR count). The summed E-state index contributed by atoms with van der Waals surface area (Å²) in [6.45, 7) is 3.47. The van der Waals surface area contributed by atoms with Crippen LogP contribution in [0.5, 0.6) is 0 Å². The predicted molar refractivity (Wildman–Crippen MR) is 86.6 cm³/mol. The Morgan fingerprint density at radius 1 is 1.10 bits per heavy atom. The normalized spacial score (nSPS) is 12.3. The molecule has 0 radical (unpaired) electrons. The second-order valence-corrected chi connectivity index (χ2v) is 5.79. The lowest BCUT2D eigenvalue weighted by molar-refractivity contribution is 0.174. The maximum absolute atomic E-state index is 10.1. The van der Waals surface area contributed by atoms with Gasteiger partial charge < -0.3 is 10.4 Å². The summed E-state index contributed by atoms with van der Waals surface area (Å²) in [5, 5.41) is 13.4. The van der Waals surface area contributed by atoms with Gasteiger partial charge in [-0.25, -0.2) is 0 Å². The Bertz CT molecular complexity index is 539. The van der Waals surface area contributed by atoms with E-state index in [0.717, 1.165) is 23.0 Å². The van der Waals surface area contributed by atoms with Crippen molar-refractivity contribution in [3.05, 3.63) is 69.7 Å². The first-order valence-electron chi connectivity index (χ1n) is 6.91. The quantitative estimate of drug-likeness (QED) is 0.841. The topological polar surface area (TPSA) is 32.3 Å². The molecule has 0 amide bonds. The van der Waals surface area contributed by atoms with Crippen LogP contribution < -0.4 is 5.32 Å². The molecule has 0 saturated carbocycles. The van der Waals surface area contributed by atoms with Gasteiger partial charge in [0.1, 0.15) is 0 Å². The van der Waals surface area contributed by atoms with Crippen molar-refractivity contribution in [2.75, 3.05) is 6.54 Å². The molecule has 0 saturated heterocycles. The molecule has 2 N–H and O–H groups in total. The second kappa shape index (κ2) is 7.58. The highest BCUT2D eigenvalue weighted by molar-refractivity contribution is 9.10. The van der Waals surface area contributed by atoms with Crippen LogP contribution in [0.3, 0.4) is 0 Å². The van der Waals surface area contributed by atoms with Gasteiger partial charge in [-0.3, -0.25) is 0 Å². The summed E-state index contributed by atoms with van der Waals surface area (Å²) in [5.74, 6) is 0. The molecule has 2 aromatic carbocycles.